The van der Waals surface area contributed by atoms with Gasteiger partial charge in [-0.25, -0.2) is 0 Å². The normalized spacial score (nSPS) is 19.5. The van der Waals surface area contributed by atoms with Gasteiger partial charge in [-0.15, -0.1) is 0 Å². The number of benzene rings is 1. The van der Waals surface area contributed by atoms with Crippen molar-refractivity contribution in [2.45, 2.75) is 12.0 Å². The predicted molar refractivity (Wildman–Crippen MR) is 97.4 cm³/mol. The fraction of sp³-hybridized carbons (Fsp3) is 0.500. The van der Waals surface area contributed by atoms with E-state index < -0.39 is 17.4 Å². The van der Waals surface area contributed by atoms with Gasteiger partial charge in [-0.05, 0) is 30.4 Å². The molecule has 1 aliphatic heterocycles. The van der Waals surface area contributed by atoms with Crippen molar-refractivity contribution in [3.05, 3.63) is 23.2 Å². The zero-order valence-electron chi connectivity index (χ0n) is 13.8. The minimum atomic E-state index is -0.816. The Morgan fingerprint density at radius 3 is 2.84 bits per heavy atom. The average Bonchev–Trinajstić information content (AvgIpc) is 3.07. The van der Waals surface area contributed by atoms with Crippen LogP contribution in [0.1, 0.15) is 6.42 Å². The van der Waals surface area contributed by atoms with Crippen LogP contribution in [-0.4, -0.2) is 60.9 Å². The molecule has 1 aliphatic rings. The van der Waals surface area contributed by atoms with Crippen LogP contribution >= 0.6 is 23.4 Å². The molecule has 1 aromatic carbocycles. The van der Waals surface area contributed by atoms with Crippen LogP contribution in [0.4, 0.5) is 5.69 Å². The largest absolute Gasteiger partial charge is 0.495 e. The summed E-state index contributed by atoms with van der Waals surface area (Å²) in [6.07, 6.45) is 0.752. The first kappa shape index (κ1) is 19.8. The summed E-state index contributed by atoms with van der Waals surface area (Å²) in [6, 6.07) is 4.73. The lowest BCUT2D eigenvalue weighted by atomic mass is 10.0. The maximum absolute atomic E-state index is 12.1. The van der Waals surface area contributed by atoms with Crippen molar-refractivity contribution in [1.29, 1.82) is 0 Å². The number of halogens is 1. The molecule has 3 N–H and O–H groups in total. The Morgan fingerprint density at radius 1 is 1.40 bits per heavy atom. The Morgan fingerprint density at radius 2 is 2.20 bits per heavy atom. The number of aliphatic hydroxyl groups is 1. The van der Waals surface area contributed by atoms with Gasteiger partial charge in [0.15, 0.2) is 0 Å². The summed E-state index contributed by atoms with van der Waals surface area (Å²) in [5.41, 5.74) is -0.227. The van der Waals surface area contributed by atoms with Gasteiger partial charge in [0.25, 0.3) is 0 Å². The number of nitrogens with one attached hydrogen (secondary N) is 2. The van der Waals surface area contributed by atoms with Gasteiger partial charge in [0.2, 0.25) is 0 Å². The number of hydrogen-bond donors (Lipinski definition) is 3. The molecule has 0 saturated carbocycles. The highest BCUT2D eigenvalue weighted by Gasteiger charge is 2.36. The topological polar surface area (TPSA) is 96.9 Å². The van der Waals surface area contributed by atoms with Crippen LogP contribution in [0.2, 0.25) is 5.02 Å². The number of ether oxygens (including phenoxy) is 2. The first-order valence-corrected chi connectivity index (χ1v) is 9.28. The Kier molecular flexibility index (Phi) is 7.37. The number of thioether (sulfide) groups is 1. The molecule has 0 aliphatic carbocycles. The van der Waals surface area contributed by atoms with E-state index in [1.54, 1.807) is 23.9 Å². The van der Waals surface area contributed by atoms with Crippen LogP contribution in [0, 0.1) is 0 Å². The van der Waals surface area contributed by atoms with Gasteiger partial charge in [0.05, 0.1) is 31.6 Å². The van der Waals surface area contributed by atoms with Crippen molar-refractivity contribution in [2.24, 2.45) is 0 Å². The van der Waals surface area contributed by atoms with E-state index in [9.17, 15) is 9.59 Å². The molecule has 1 saturated heterocycles. The highest BCUT2D eigenvalue weighted by atomic mass is 35.5. The molecule has 7 nitrogen and oxygen atoms in total. The molecule has 138 valence electrons. The van der Waals surface area contributed by atoms with Gasteiger partial charge in [-0.3, -0.25) is 9.59 Å². The third-order valence-corrected chi connectivity index (χ3v) is 5.21. The molecule has 0 aromatic heterocycles. The zero-order chi connectivity index (χ0) is 18.3. The van der Waals surface area contributed by atoms with E-state index in [0.717, 1.165) is 12.2 Å². The van der Waals surface area contributed by atoms with Gasteiger partial charge in [0.1, 0.15) is 5.75 Å². The molecule has 25 heavy (non-hydrogen) atoms. The van der Waals surface area contributed by atoms with E-state index in [1.165, 1.54) is 13.2 Å². The van der Waals surface area contributed by atoms with Gasteiger partial charge in [-0.2, -0.15) is 11.8 Å². The standard InChI is InChI=1S/C16H21ClN2O5S/c1-23-13-3-2-11(17)8-12(13)19-15(22)14(21)18-9-16(24-6-5-20)4-7-25-10-16/h2-3,8,20H,4-7,9-10H2,1H3,(H,18,21)(H,19,22). The Labute approximate surface area is 155 Å². The zero-order valence-corrected chi connectivity index (χ0v) is 15.4. The van der Waals surface area contributed by atoms with Crippen LogP contribution in [0.5, 0.6) is 5.75 Å². The van der Waals surface area contributed by atoms with E-state index in [0.29, 0.717) is 22.2 Å². The predicted octanol–water partition coefficient (Wildman–Crippen LogP) is 1.29. The molecule has 2 rings (SSSR count). The van der Waals surface area contributed by atoms with E-state index in [4.69, 9.17) is 26.2 Å². The van der Waals surface area contributed by atoms with Crippen LogP contribution in [-0.2, 0) is 14.3 Å². The van der Waals surface area contributed by atoms with Crippen molar-refractivity contribution < 1.29 is 24.2 Å². The molecule has 0 bridgehead atoms. The molecule has 0 radical (unpaired) electrons. The molecule has 9 heteroatoms. The van der Waals surface area contributed by atoms with Crippen LogP contribution in [0.15, 0.2) is 18.2 Å². The van der Waals surface area contributed by atoms with Crippen LogP contribution in [0.3, 0.4) is 0 Å². The molecular formula is C16H21ClN2O5S. The van der Waals surface area contributed by atoms with Gasteiger partial charge in [-0.1, -0.05) is 11.6 Å². The number of aliphatic hydroxyl groups excluding tert-OH is 1. The van der Waals surface area contributed by atoms with Crippen LogP contribution < -0.4 is 15.4 Å². The second-order valence-corrected chi connectivity index (χ2v) is 7.08. The maximum Gasteiger partial charge on any atom is 0.313 e. The SMILES string of the molecule is COc1ccc(Cl)cc1NC(=O)C(=O)NCC1(OCCO)CCSC1. The second kappa shape index (κ2) is 9.28. The highest BCUT2D eigenvalue weighted by molar-refractivity contribution is 7.99. The number of rotatable bonds is 7. The summed E-state index contributed by atoms with van der Waals surface area (Å²) in [7, 11) is 1.46. The first-order valence-electron chi connectivity index (χ1n) is 7.75. The number of methoxy groups -OCH3 is 1. The number of hydrogen-bond acceptors (Lipinski definition) is 6. The molecule has 1 aromatic rings. The fourth-order valence-electron chi connectivity index (χ4n) is 2.43. The first-order chi connectivity index (χ1) is 12.0. The number of carbonyl (C=O) groups is 2. The summed E-state index contributed by atoms with van der Waals surface area (Å²) in [6.45, 7) is 0.316. The lowest BCUT2D eigenvalue weighted by Crippen LogP contribution is -2.48. The van der Waals surface area contributed by atoms with E-state index in [1.807, 2.05) is 0 Å². The Balaban J connectivity index is 1.94. The monoisotopic (exact) mass is 388 g/mol. The van der Waals surface area contributed by atoms with E-state index >= 15 is 0 Å². The smallest absolute Gasteiger partial charge is 0.313 e. The Bertz CT molecular complexity index is 623. The minimum absolute atomic E-state index is 0.0879. The number of anilines is 1. The van der Waals surface area contributed by atoms with Crippen molar-refractivity contribution in [3.8, 4) is 5.75 Å². The van der Waals surface area contributed by atoms with Crippen molar-refractivity contribution in [3.63, 3.8) is 0 Å². The van der Waals surface area contributed by atoms with Crippen LogP contribution in [0.25, 0.3) is 0 Å². The third-order valence-electron chi connectivity index (χ3n) is 3.75. The summed E-state index contributed by atoms with van der Waals surface area (Å²) in [5.74, 6) is 0.430. The summed E-state index contributed by atoms with van der Waals surface area (Å²) in [5, 5.41) is 14.4. The number of amides is 2. The molecule has 1 fully saturated rings. The molecule has 2 amide bonds. The van der Waals surface area contributed by atoms with Crippen molar-refractivity contribution >= 4 is 40.9 Å². The van der Waals surface area contributed by atoms with Gasteiger partial charge < -0.3 is 25.2 Å². The molecule has 1 heterocycles. The summed E-state index contributed by atoms with van der Waals surface area (Å²) >= 11 is 7.62. The van der Waals surface area contributed by atoms with Crippen molar-refractivity contribution in [1.82, 2.24) is 5.32 Å². The lowest BCUT2D eigenvalue weighted by molar-refractivity contribution is -0.137. The minimum Gasteiger partial charge on any atom is -0.495 e. The number of carbonyl (C=O) groups excluding carboxylic acids is 2. The average molecular weight is 389 g/mol. The molecule has 0 spiro atoms. The van der Waals surface area contributed by atoms with E-state index in [-0.39, 0.29) is 19.8 Å². The lowest BCUT2D eigenvalue weighted by Gasteiger charge is -2.28. The molecule has 1 unspecified atom stereocenters. The fourth-order valence-corrected chi connectivity index (χ4v) is 3.97. The maximum atomic E-state index is 12.1. The Hall–Kier alpha value is -1.48. The summed E-state index contributed by atoms with van der Waals surface area (Å²) in [4.78, 5) is 24.2. The molecule has 1 atom stereocenters. The van der Waals surface area contributed by atoms with Gasteiger partial charge in [0, 0.05) is 17.3 Å². The van der Waals surface area contributed by atoms with Crippen molar-refractivity contribution in [2.75, 3.05) is 43.7 Å². The highest BCUT2D eigenvalue weighted by Crippen LogP contribution is 2.31. The van der Waals surface area contributed by atoms with Gasteiger partial charge >= 0.3 is 11.8 Å². The van der Waals surface area contributed by atoms with E-state index in [2.05, 4.69) is 10.6 Å². The summed E-state index contributed by atoms with van der Waals surface area (Å²) < 4.78 is 10.8. The quantitative estimate of drug-likeness (QED) is 0.609. The third kappa shape index (κ3) is 5.50. The molecular weight excluding hydrogens is 368 g/mol. The second-order valence-electron chi connectivity index (χ2n) is 5.54.